The molecule has 0 amide bonds. The number of hydrogen-bond donors (Lipinski definition) is 1. The maximum Gasteiger partial charge on any atom is 0.111 e. The number of hydrogen-bond acceptors (Lipinski definition) is 4. The van der Waals surface area contributed by atoms with Crippen LogP contribution in [0.4, 0.5) is 0 Å². The van der Waals surface area contributed by atoms with Crippen molar-refractivity contribution in [3.63, 3.8) is 0 Å². The number of halogens is 1. The molecule has 1 saturated heterocycles. The fourth-order valence-electron chi connectivity index (χ4n) is 3.72. The van der Waals surface area contributed by atoms with E-state index in [-0.39, 0.29) is 6.04 Å². The first kappa shape index (κ1) is 18.7. The third-order valence-electron chi connectivity index (χ3n) is 5.18. The largest absolute Gasteiger partial charge is 0.295 e. The third kappa shape index (κ3) is 4.26. The van der Waals surface area contributed by atoms with Crippen LogP contribution in [0.15, 0.2) is 60.8 Å². The first-order valence-electron chi connectivity index (χ1n) is 9.41. The number of nitrogens with one attached hydrogen (secondary N) is 1. The van der Waals surface area contributed by atoms with E-state index in [1.54, 1.807) is 0 Å². The van der Waals surface area contributed by atoms with Crippen molar-refractivity contribution in [1.82, 2.24) is 20.0 Å². The van der Waals surface area contributed by atoms with Crippen molar-refractivity contribution in [3.8, 4) is 17.3 Å². The molecule has 4 rings (SSSR count). The van der Waals surface area contributed by atoms with Crippen LogP contribution in [0.1, 0.15) is 11.1 Å². The minimum absolute atomic E-state index is 0.115. The molecular formula is C22H22ClN5. The molecular weight excluding hydrogens is 370 g/mol. The molecule has 1 aliphatic rings. The second kappa shape index (κ2) is 8.57. The van der Waals surface area contributed by atoms with Crippen LogP contribution in [0.3, 0.4) is 0 Å². The lowest BCUT2D eigenvalue weighted by Crippen LogP contribution is -2.51. The molecule has 2 aromatic carbocycles. The van der Waals surface area contributed by atoms with Gasteiger partial charge in [0.05, 0.1) is 18.0 Å². The second-order valence-corrected chi connectivity index (χ2v) is 7.55. The summed E-state index contributed by atoms with van der Waals surface area (Å²) in [5.74, 6) is 0. The lowest BCUT2D eigenvalue weighted by Gasteiger charge is -2.38. The van der Waals surface area contributed by atoms with E-state index >= 15 is 0 Å². The van der Waals surface area contributed by atoms with Gasteiger partial charge >= 0.3 is 0 Å². The highest BCUT2D eigenvalue weighted by Crippen LogP contribution is 2.25. The Bertz CT molecular complexity index is 962. The topological polar surface area (TPSA) is 59.0 Å². The third-order valence-corrected chi connectivity index (χ3v) is 5.41. The normalized spacial score (nSPS) is 18.1. The summed E-state index contributed by atoms with van der Waals surface area (Å²) < 4.78 is 0. The van der Waals surface area contributed by atoms with Crippen LogP contribution in [-0.4, -0.2) is 45.7 Å². The van der Waals surface area contributed by atoms with Crippen LogP contribution >= 0.6 is 11.6 Å². The number of H-pyrrole nitrogens is 1. The Morgan fingerprint density at radius 1 is 1.11 bits per heavy atom. The Kier molecular flexibility index (Phi) is 5.73. The quantitative estimate of drug-likeness (QED) is 0.715. The van der Waals surface area contributed by atoms with Gasteiger partial charge in [0, 0.05) is 48.9 Å². The van der Waals surface area contributed by atoms with Crippen LogP contribution in [0, 0.1) is 11.3 Å². The molecule has 0 radical (unpaired) electrons. The van der Waals surface area contributed by atoms with Gasteiger partial charge in [-0.05, 0) is 17.7 Å². The van der Waals surface area contributed by atoms with E-state index in [0.29, 0.717) is 5.02 Å². The maximum absolute atomic E-state index is 9.69. The molecule has 1 aliphatic heterocycles. The van der Waals surface area contributed by atoms with Crippen molar-refractivity contribution in [3.05, 3.63) is 76.9 Å². The van der Waals surface area contributed by atoms with Crippen LogP contribution in [0.2, 0.25) is 5.02 Å². The minimum Gasteiger partial charge on any atom is -0.295 e. The molecule has 0 spiro atoms. The summed E-state index contributed by atoms with van der Waals surface area (Å²) in [5.41, 5.74) is 4.38. The first-order chi connectivity index (χ1) is 13.7. The smallest absolute Gasteiger partial charge is 0.111 e. The van der Waals surface area contributed by atoms with E-state index in [2.05, 4.69) is 38.2 Å². The zero-order chi connectivity index (χ0) is 19.3. The predicted octanol–water partition coefficient (Wildman–Crippen LogP) is 3.94. The fraction of sp³-hybridized carbons (Fsp3) is 0.273. The van der Waals surface area contributed by atoms with E-state index < -0.39 is 0 Å². The number of nitrogens with zero attached hydrogens (tertiary/aromatic N) is 4. The van der Waals surface area contributed by atoms with Crippen LogP contribution in [-0.2, 0) is 13.1 Å². The number of benzene rings is 2. The Balaban J connectivity index is 1.44. The molecule has 0 aliphatic carbocycles. The van der Waals surface area contributed by atoms with Gasteiger partial charge in [-0.2, -0.15) is 10.4 Å². The predicted molar refractivity (Wildman–Crippen MR) is 111 cm³/mol. The molecule has 6 heteroatoms. The molecule has 142 valence electrons. The Labute approximate surface area is 170 Å². The fourth-order valence-corrected chi connectivity index (χ4v) is 3.91. The first-order valence-corrected chi connectivity index (χ1v) is 9.79. The van der Waals surface area contributed by atoms with Crippen molar-refractivity contribution >= 4 is 11.6 Å². The zero-order valence-electron chi connectivity index (χ0n) is 15.6. The highest BCUT2D eigenvalue weighted by Gasteiger charge is 2.27. The van der Waals surface area contributed by atoms with Gasteiger partial charge < -0.3 is 0 Å². The SMILES string of the molecule is N#C[C@H]1CN(Cc2cn[nH]c2-c2cccc(Cl)c2)CCN1Cc1ccccc1. The maximum atomic E-state index is 9.69. The number of aromatic amines is 1. The summed E-state index contributed by atoms with van der Waals surface area (Å²) in [6, 6.07) is 20.5. The monoisotopic (exact) mass is 391 g/mol. The number of rotatable bonds is 5. The molecule has 5 nitrogen and oxygen atoms in total. The average Bonchev–Trinajstić information content (AvgIpc) is 3.18. The van der Waals surface area contributed by atoms with Crippen molar-refractivity contribution < 1.29 is 0 Å². The van der Waals surface area contributed by atoms with Gasteiger partial charge in [0.25, 0.3) is 0 Å². The van der Waals surface area contributed by atoms with E-state index in [4.69, 9.17) is 11.6 Å². The van der Waals surface area contributed by atoms with Crippen molar-refractivity contribution in [2.45, 2.75) is 19.1 Å². The molecule has 2 heterocycles. The standard InChI is InChI=1S/C22H22ClN5/c23-20-8-4-7-18(11-20)22-19(13-25-26-22)15-27-9-10-28(21(12-24)16-27)14-17-5-2-1-3-6-17/h1-8,11,13,21H,9-10,14-16H2,(H,25,26)/t21-/m0/s1. The van der Waals surface area contributed by atoms with Crippen LogP contribution < -0.4 is 0 Å². The summed E-state index contributed by atoms with van der Waals surface area (Å²) in [7, 11) is 0. The lowest BCUT2D eigenvalue weighted by atomic mass is 10.1. The van der Waals surface area contributed by atoms with Crippen LogP contribution in [0.5, 0.6) is 0 Å². The Morgan fingerprint density at radius 3 is 2.75 bits per heavy atom. The second-order valence-electron chi connectivity index (χ2n) is 7.12. The number of piperazine rings is 1. The van der Waals surface area contributed by atoms with Crippen molar-refractivity contribution in [2.75, 3.05) is 19.6 Å². The summed E-state index contributed by atoms with van der Waals surface area (Å²) in [6.07, 6.45) is 1.87. The summed E-state index contributed by atoms with van der Waals surface area (Å²) in [5, 5.41) is 17.7. The molecule has 0 bridgehead atoms. The van der Waals surface area contributed by atoms with Gasteiger partial charge in [-0.1, -0.05) is 54.1 Å². The highest BCUT2D eigenvalue weighted by molar-refractivity contribution is 6.30. The van der Waals surface area contributed by atoms with Gasteiger partial charge in [0.2, 0.25) is 0 Å². The summed E-state index contributed by atoms with van der Waals surface area (Å²) >= 11 is 6.14. The average molecular weight is 392 g/mol. The van der Waals surface area contributed by atoms with E-state index in [1.165, 1.54) is 5.56 Å². The molecule has 0 saturated carbocycles. The van der Waals surface area contributed by atoms with E-state index in [9.17, 15) is 5.26 Å². The summed E-state index contributed by atoms with van der Waals surface area (Å²) in [4.78, 5) is 4.59. The van der Waals surface area contributed by atoms with E-state index in [0.717, 1.165) is 49.5 Å². The minimum atomic E-state index is -0.115. The molecule has 1 atom stereocenters. The van der Waals surface area contributed by atoms with Gasteiger partial charge in [0.1, 0.15) is 6.04 Å². The number of nitriles is 1. The Hall–Kier alpha value is -2.65. The van der Waals surface area contributed by atoms with Gasteiger partial charge in [-0.3, -0.25) is 14.9 Å². The van der Waals surface area contributed by atoms with Crippen molar-refractivity contribution in [2.24, 2.45) is 0 Å². The molecule has 0 unspecified atom stereocenters. The van der Waals surface area contributed by atoms with Gasteiger partial charge in [-0.15, -0.1) is 0 Å². The Morgan fingerprint density at radius 2 is 1.96 bits per heavy atom. The summed E-state index contributed by atoms with van der Waals surface area (Å²) in [6.45, 7) is 4.09. The van der Waals surface area contributed by atoms with Crippen LogP contribution in [0.25, 0.3) is 11.3 Å². The van der Waals surface area contributed by atoms with E-state index in [1.807, 2.05) is 48.7 Å². The molecule has 1 aromatic heterocycles. The van der Waals surface area contributed by atoms with Gasteiger partial charge in [0.15, 0.2) is 0 Å². The highest BCUT2D eigenvalue weighted by atomic mass is 35.5. The molecule has 1 N–H and O–H groups in total. The molecule has 28 heavy (non-hydrogen) atoms. The van der Waals surface area contributed by atoms with Crippen molar-refractivity contribution in [1.29, 1.82) is 5.26 Å². The molecule has 1 fully saturated rings. The molecule has 3 aromatic rings. The zero-order valence-corrected chi connectivity index (χ0v) is 16.3. The number of aromatic nitrogens is 2. The lowest BCUT2D eigenvalue weighted by molar-refractivity contribution is 0.0903. The van der Waals surface area contributed by atoms with Gasteiger partial charge in [-0.25, -0.2) is 0 Å².